The Kier molecular flexibility index (Phi) is 5.82. The second kappa shape index (κ2) is 8.45. The minimum Gasteiger partial charge on any atom is -0.489 e. The van der Waals surface area contributed by atoms with Crippen LogP contribution in [0.5, 0.6) is 5.75 Å². The number of hydrogen-bond acceptors (Lipinski definition) is 4. The molecule has 3 rings (SSSR count). The number of carbonyl (C=O) groups excluding carboxylic acids is 1. The number of hydrogen-bond donors (Lipinski definition) is 1. The van der Waals surface area contributed by atoms with Gasteiger partial charge in [0.1, 0.15) is 11.8 Å². The van der Waals surface area contributed by atoms with Crippen molar-refractivity contribution in [2.45, 2.75) is 20.0 Å². The average Bonchev–Trinajstić information content (AvgIpc) is 2.69. The lowest BCUT2D eigenvalue weighted by molar-refractivity contribution is 0.207. The highest BCUT2D eigenvalue weighted by Crippen LogP contribution is 2.26. The quantitative estimate of drug-likeness (QED) is 0.898. The van der Waals surface area contributed by atoms with Gasteiger partial charge in [0, 0.05) is 26.2 Å². The van der Waals surface area contributed by atoms with Gasteiger partial charge in [-0.2, -0.15) is 5.26 Å². The van der Waals surface area contributed by atoms with Gasteiger partial charge >= 0.3 is 6.03 Å². The molecule has 6 nitrogen and oxygen atoms in total. The van der Waals surface area contributed by atoms with Crippen molar-refractivity contribution in [2.24, 2.45) is 0 Å². The monoisotopic (exact) mass is 364 g/mol. The number of benzene rings is 2. The first-order chi connectivity index (χ1) is 13.1. The number of amides is 2. The Morgan fingerprint density at radius 1 is 1.07 bits per heavy atom. The van der Waals surface area contributed by atoms with Crippen LogP contribution in [0.15, 0.2) is 48.5 Å². The van der Waals surface area contributed by atoms with Crippen LogP contribution >= 0.6 is 0 Å². The van der Waals surface area contributed by atoms with Crippen LogP contribution in [0.25, 0.3) is 0 Å². The van der Waals surface area contributed by atoms with Crippen LogP contribution in [0.2, 0.25) is 0 Å². The molecule has 0 radical (unpaired) electrons. The van der Waals surface area contributed by atoms with E-state index < -0.39 is 0 Å². The van der Waals surface area contributed by atoms with Crippen molar-refractivity contribution in [2.75, 3.05) is 36.4 Å². The predicted molar refractivity (Wildman–Crippen MR) is 106 cm³/mol. The standard InChI is InChI=1S/C21H24N4O2/c1-16(2)27-20-10-6-4-8-18(20)23-21(26)25-13-11-24(12-14-25)19-9-5-3-7-17(19)15-22/h3-10,16H,11-14H2,1-2H3,(H,23,26). The molecule has 0 aromatic heterocycles. The first-order valence-corrected chi connectivity index (χ1v) is 9.14. The van der Waals surface area contributed by atoms with E-state index in [0.29, 0.717) is 43.2 Å². The molecular formula is C21H24N4O2. The van der Waals surface area contributed by atoms with Crippen LogP contribution in [0, 0.1) is 11.3 Å². The van der Waals surface area contributed by atoms with Crippen molar-refractivity contribution in [1.82, 2.24) is 4.90 Å². The summed E-state index contributed by atoms with van der Waals surface area (Å²) in [6.07, 6.45) is 0.0341. The van der Waals surface area contributed by atoms with Crippen molar-refractivity contribution < 1.29 is 9.53 Å². The first-order valence-electron chi connectivity index (χ1n) is 9.14. The molecular weight excluding hydrogens is 340 g/mol. The van der Waals surface area contributed by atoms with Crippen LogP contribution in [0.4, 0.5) is 16.2 Å². The number of urea groups is 1. The van der Waals surface area contributed by atoms with E-state index in [-0.39, 0.29) is 12.1 Å². The number of ether oxygens (including phenoxy) is 1. The molecule has 0 spiro atoms. The van der Waals surface area contributed by atoms with E-state index in [9.17, 15) is 10.1 Å². The molecule has 2 aromatic carbocycles. The average molecular weight is 364 g/mol. The molecule has 1 aliphatic heterocycles. The minimum atomic E-state index is -0.136. The Morgan fingerprint density at radius 2 is 1.74 bits per heavy atom. The molecule has 0 unspecified atom stereocenters. The molecule has 140 valence electrons. The number of nitrogens with one attached hydrogen (secondary N) is 1. The van der Waals surface area contributed by atoms with Crippen molar-refractivity contribution in [3.63, 3.8) is 0 Å². The van der Waals surface area contributed by atoms with Gasteiger partial charge < -0.3 is 19.9 Å². The van der Waals surface area contributed by atoms with Crippen LogP contribution in [0.1, 0.15) is 19.4 Å². The molecule has 1 fully saturated rings. The lowest BCUT2D eigenvalue weighted by Crippen LogP contribution is -2.50. The summed E-state index contributed by atoms with van der Waals surface area (Å²) in [6.45, 7) is 6.48. The Bertz CT molecular complexity index is 836. The van der Waals surface area contributed by atoms with E-state index >= 15 is 0 Å². The number of para-hydroxylation sites is 3. The van der Waals surface area contributed by atoms with E-state index in [1.54, 1.807) is 4.90 Å². The highest BCUT2D eigenvalue weighted by molar-refractivity contribution is 5.91. The smallest absolute Gasteiger partial charge is 0.322 e. The Balaban J connectivity index is 1.62. The second-order valence-electron chi connectivity index (χ2n) is 6.70. The fraction of sp³-hybridized carbons (Fsp3) is 0.333. The Labute approximate surface area is 160 Å². The van der Waals surface area contributed by atoms with Crippen molar-refractivity contribution >= 4 is 17.4 Å². The zero-order valence-electron chi connectivity index (χ0n) is 15.7. The molecule has 1 heterocycles. The fourth-order valence-corrected chi connectivity index (χ4v) is 3.12. The van der Waals surface area contributed by atoms with Gasteiger partial charge in [0.2, 0.25) is 0 Å². The van der Waals surface area contributed by atoms with Crippen LogP contribution in [0.3, 0.4) is 0 Å². The Hall–Kier alpha value is -3.20. The summed E-state index contributed by atoms with van der Waals surface area (Å²) in [5, 5.41) is 12.2. The number of rotatable bonds is 4. The fourth-order valence-electron chi connectivity index (χ4n) is 3.12. The number of anilines is 2. The third-order valence-corrected chi connectivity index (χ3v) is 4.42. The molecule has 27 heavy (non-hydrogen) atoms. The minimum absolute atomic E-state index is 0.0341. The topological polar surface area (TPSA) is 68.6 Å². The van der Waals surface area contributed by atoms with E-state index in [4.69, 9.17) is 4.74 Å². The SMILES string of the molecule is CC(C)Oc1ccccc1NC(=O)N1CCN(c2ccccc2C#N)CC1. The molecule has 1 N–H and O–H groups in total. The normalized spacial score (nSPS) is 14.0. The Morgan fingerprint density at radius 3 is 2.44 bits per heavy atom. The summed E-state index contributed by atoms with van der Waals surface area (Å²) in [7, 11) is 0. The summed E-state index contributed by atoms with van der Waals surface area (Å²) < 4.78 is 5.76. The largest absolute Gasteiger partial charge is 0.489 e. The first kappa shape index (κ1) is 18.6. The van der Waals surface area contributed by atoms with Crippen LogP contribution in [-0.4, -0.2) is 43.2 Å². The molecule has 0 bridgehead atoms. The number of nitrogens with zero attached hydrogens (tertiary/aromatic N) is 3. The van der Waals surface area contributed by atoms with Gasteiger partial charge in [-0.1, -0.05) is 24.3 Å². The molecule has 0 saturated carbocycles. The van der Waals surface area contributed by atoms with Crippen molar-refractivity contribution in [3.8, 4) is 11.8 Å². The zero-order chi connectivity index (χ0) is 19.2. The highest BCUT2D eigenvalue weighted by Gasteiger charge is 2.23. The van der Waals surface area contributed by atoms with Gasteiger partial charge in [-0.05, 0) is 38.1 Å². The van der Waals surface area contributed by atoms with E-state index in [1.807, 2.05) is 62.4 Å². The third kappa shape index (κ3) is 4.50. The van der Waals surface area contributed by atoms with Gasteiger partial charge in [-0.3, -0.25) is 0 Å². The number of carbonyl (C=O) groups is 1. The molecule has 0 atom stereocenters. The number of piperazine rings is 1. The van der Waals surface area contributed by atoms with E-state index in [1.165, 1.54) is 0 Å². The van der Waals surface area contributed by atoms with Gasteiger partial charge in [0.15, 0.2) is 0 Å². The maximum Gasteiger partial charge on any atom is 0.322 e. The van der Waals surface area contributed by atoms with Gasteiger partial charge in [0.05, 0.1) is 23.0 Å². The summed E-state index contributed by atoms with van der Waals surface area (Å²) in [4.78, 5) is 16.6. The molecule has 1 aliphatic rings. The lowest BCUT2D eigenvalue weighted by atomic mass is 10.1. The molecule has 1 saturated heterocycles. The van der Waals surface area contributed by atoms with Crippen LogP contribution in [-0.2, 0) is 0 Å². The van der Waals surface area contributed by atoms with E-state index in [2.05, 4.69) is 16.3 Å². The lowest BCUT2D eigenvalue weighted by Gasteiger charge is -2.36. The van der Waals surface area contributed by atoms with Gasteiger partial charge in [0.25, 0.3) is 0 Å². The summed E-state index contributed by atoms with van der Waals surface area (Å²) >= 11 is 0. The molecule has 6 heteroatoms. The summed E-state index contributed by atoms with van der Waals surface area (Å²) in [6, 6.07) is 17.1. The van der Waals surface area contributed by atoms with Gasteiger partial charge in [-0.25, -0.2) is 4.79 Å². The van der Waals surface area contributed by atoms with Crippen LogP contribution < -0.4 is 15.0 Å². The molecule has 0 aliphatic carbocycles. The highest BCUT2D eigenvalue weighted by atomic mass is 16.5. The molecule has 2 amide bonds. The zero-order valence-corrected chi connectivity index (χ0v) is 15.7. The predicted octanol–water partition coefficient (Wildman–Crippen LogP) is 3.70. The second-order valence-corrected chi connectivity index (χ2v) is 6.70. The third-order valence-electron chi connectivity index (χ3n) is 4.42. The summed E-state index contributed by atoms with van der Waals surface area (Å²) in [5.41, 5.74) is 2.26. The summed E-state index contributed by atoms with van der Waals surface area (Å²) in [5.74, 6) is 0.669. The van der Waals surface area contributed by atoms with Gasteiger partial charge in [-0.15, -0.1) is 0 Å². The molecule has 2 aromatic rings. The number of nitriles is 1. The maximum atomic E-state index is 12.7. The van der Waals surface area contributed by atoms with Crippen molar-refractivity contribution in [3.05, 3.63) is 54.1 Å². The maximum absolute atomic E-state index is 12.7. The van der Waals surface area contributed by atoms with E-state index in [0.717, 1.165) is 5.69 Å². The van der Waals surface area contributed by atoms with Crippen molar-refractivity contribution in [1.29, 1.82) is 5.26 Å².